The molecule has 2 aromatic rings. The highest BCUT2D eigenvalue weighted by Gasteiger charge is 2.17. The van der Waals surface area contributed by atoms with Crippen molar-refractivity contribution >= 4 is 22.5 Å². The first-order valence-electron chi connectivity index (χ1n) is 8.34. The summed E-state index contributed by atoms with van der Waals surface area (Å²) >= 11 is 0. The van der Waals surface area contributed by atoms with Gasteiger partial charge >= 0.3 is 6.61 Å². The third kappa shape index (κ3) is 3.89. The molecule has 0 fully saturated rings. The molecule has 0 spiro atoms. The zero-order chi connectivity index (χ0) is 18.7. The topological polar surface area (TPSA) is 59.7 Å². The number of halogens is 2. The molecule has 0 N–H and O–H groups in total. The minimum atomic E-state index is -2.88. The third-order valence-electron chi connectivity index (χ3n) is 4.23. The van der Waals surface area contributed by atoms with Crippen molar-refractivity contribution in [3.63, 3.8) is 0 Å². The van der Waals surface area contributed by atoms with E-state index in [1.54, 1.807) is 24.1 Å². The van der Waals surface area contributed by atoms with Crippen LogP contribution in [0, 0.1) is 0 Å². The Bertz CT molecular complexity index is 873. The van der Waals surface area contributed by atoms with Crippen LogP contribution in [-0.2, 0) is 11.3 Å². The Morgan fingerprint density at radius 1 is 1.42 bits per heavy atom. The Labute approximate surface area is 149 Å². The Balaban J connectivity index is 1.90. The molecule has 1 aromatic heterocycles. The molecular formula is C18H20F2N4O2. The molecule has 0 saturated heterocycles. The molecule has 1 aliphatic rings. The molecule has 138 valence electrons. The lowest BCUT2D eigenvalue weighted by Gasteiger charge is -2.14. The first kappa shape index (κ1) is 18.0. The van der Waals surface area contributed by atoms with Crippen molar-refractivity contribution in [1.29, 1.82) is 0 Å². The lowest BCUT2D eigenvalue weighted by atomic mass is 10.1. The number of allylic oxidation sites excluding steroid dienone is 1. The number of rotatable bonds is 7. The number of hydrogen-bond donors (Lipinski definition) is 0. The zero-order valence-corrected chi connectivity index (χ0v) is 14.7. The quantitative estimate of drug-likeness (QED) is 0.761. The molecule has 1 aromatic carbocycles. The summed E-state index contributed by atoms with van der Waals surface area (Å²) in [5.74, 6) is 0.0995. The summed E-state index contributed by atoms with van der Waals surface area (Å²) in [7, 11) is 1.75. The van der Waals surface area contributed by atoms with Gasteiger partial charge in [0.1, 0.15) is 11.4 Å². The number of ether oxygens (including phenoxy) is 1. The molecule has 1 aliphatic heterocycles. The van der Waals surface area contributed by atoms with Gasteiger partial charge in [0, 0.05) is 32.4 Å². The van der Waals surface area contributed by atoms with Gasteiger partial charge in [0.25, 0.3) is 0 Å². The Morgan fingerprint density at radius 3 is 2.88 bits per heavy atom. The molecule has 0 bridgehead atoms. The third-order valence-corrected chi connectivity index (χ3v) is 4.23. The Morgan fingerprint density at radius 2 is 2.23 bits per heavy atom. The highest BCUT2D eigenvalue weighted by molar-refractivity contribution is 6.15. The molecule has 0 radical (unpaired) electrons. The SMILES string of the molecule is CC(=O)N(C)CCCn1nc(C2=NCC=C2)c2cc(OC(F)F)ccc21. The first-order chi connectivity index (χ1) is 12.5. The fourth-order valence-electron chi connectivity index (χ4n) is 2.83. The number of nitrogens with zero attached hydrogens (tertiary/aromatic N) is 4. The van der Waals surface area contributed by atoms with Crippen molar-refractivity contribution in [2.75, 3.05) is 20.1 Å². The van der Waals surface area contributed by atoms with Gasteiger partial charge < -0.3 is 9.64 Å². The van der Waals surface area contributed by atoms with Crippen LogP contribution in [0.15, 0.2) is 35.3 Å². The maximum Gasteiger partial charge on any atom is 0.387 e. The average Bonchev–Trinajstić information content (AvgIpc) is 3.22. The van der Waals surface area contributed by atoms with Crippen molar-refractivity contribution in [2.45, 2.75) is 26.5 Å². The number of benzene rings is 1. The monoisotopic (exact) mass is 362 g/mol. The Kier molecular flexibility index (Phi) is 5.29. The van der Waals surface area contributed by atoms with Crippen LogP contribution in [0.2, 0.25) is 0 Å². The van der Waals surface area contributed by atoms with Crippen LogP contribution < -0.4 is 4.74 Å². The number of aryl methyl sites for hydroxylation is 1. The second-order valence-electron chi connectivity index (χ2n) is 6.05. The van der Waals surface area contributed by atoms with Crippen LogP contribution in [-0.4, -0.2) is 53.0 Å². The Hall–Kier alpha value is -2.77. The molecule has 0 saturated carbocycles. The summed E-state index contributed by atoms with van der Waals surface area (Å²) in [5, 5.41) is 5.34. The molecule has 26 heavy (non-hydrogen) atoms. The van der Waals surface area contributed by atoms with E-state index in [1.165, 1.54) is 13.0 Å². The minimum Gasteiger partial charge on any atom is -0.435 e. The van der Waals surface area contributed by atoms with E-state index in [4.69, 9.17) is 0 Å². The number of amides is 1. The molecule has 0 unspecified atom stereocenters. The van der Waals surface area contributed by atoms with Crippen molar-refractivity contribution in [3.05, 3.63) is 36.0 Å². The van der Waals surface area contributed by atoms with E-state index < -0.39 is 6.61 Å². The first-order valence-corrected chi connectivity index (χ1v) is 8.34. The lowest BCUT2D eigenvalue weighted by Crippen LogP contribution is -2.25. The number of fused-ring (bicyclic) bond motifs is 1. The van der Waals surface area contributed by atoms with Crippen molar-refractivity contribution in [1.82, 2.24) is 14.7 Å². The van der Waals surface area contributed by atoms with Gasteiger partial charge in [-0.3, -0.25) is 14.5 Å². The minimum absolute atomic E-state index is 0.00949. The number of alkyl halides is 2. The van der Waals surface area contributed by atoms with E-state index >= 15 is 0 Å². The molecule has 0 aliphatic carbocycles. The van der Waals surface area contributed by atoms with Gasteiger partial charge in [-0.1, -0.05) is 6.08 Å². The molecule has 0 atom stereocenters. The second-order valence-corrected chi connectivity index (χ2v) is 6.05. The van der Waals surface area contributed by atoms with Gasteiger partial charge in [0.2, 0.25) is 5.91 Å². The average molecular weight is 362 g/mol. The smallest absolute Gasteiger partial charge is 0.387 e. The van der Waals surface area contributed by atoms with Gasteiger partial charge in [-0.2, -0.15) is 13.9 Å². The van der Waals surface area contributed by atoms with Gasteiger partial charge in [0.15, 0.2) is 0 Å². The highest BCUT2D eigenvalue weighted by atomic mass is 19.3. The summed E-state index contributed by atoms with van der Waals surface area (Å²) < 4.78 is 31.4. The maximum atomic E-state index is 12.5. The van der Waals surface area contributed by atoms with Crippen LogP contribution in [0.5, 0.6) is 5.75 Å². The van der Waals surface area contributed by atoms with E-state index in [2.05, 4.69) is 14.8 Å². The van der Waals surface area contributed by atoms with Gasteiger partial charge in [-0.15, -0.1) is 0 Å². The standard InChI is InChI=1S/C18H20F2N4O2/c1-12(25)23(2)9-4-10-24-16-7-6-13(26-18(19)20)11-14(16)17(22-24)15-5-3-8-21-15/h3,5-7,11,18H,4,8-10H2,1-2H3. The predicted octanol–water partition coefficient (Wildman–Crippen LogP) is 2.87. The summed E-state index contributed by atoms with van der Waals surface area (Å²) in [6, 6.07) is 4.79. The maximum absolute atomic E-state index is 12.5. The summed E-state index contributed by atoms with van der Waals surface area (Å²) in [6.45, 7) is 0.438. The molecule has 2 heterocycles. The molecule has 8 heteroatoms. The van der Waals surface area contributed by atoms with Gasteiger partial charge in [-0.25, -0.2) is 0 Å². The van der Waals surface area contributed by atoms with Crippen molar-refractivity contribution in [2.24, 2.45) is 4.99 Å². The number of aliphatic imine (C=N–C) groups is 1. The van der Waals surface area contributed by atoms with Crippen molar-refractivity contribution in [3.8, 4) is 5.75 Å². The van der Waals surface area contributed by atoms with E-state index in [1.807, 2.05) is 16.8 Å². The molecular weight excluding hydrogens is 342 g/mol. The van der Waals surface area contributed by atoms with E-state index in [9.17, 15) is 13.6 Å². The predicted molar refractivity (Wildman–Crippen MR) is 94.8 cm³/mol. The largest absolute Gasteiger partial charge is 0.435 e. The number of carbonyl (C=O) groups excluding carboxylic acids is 1. The van der Waals surface area contributed by atoms with Crippen LogP contribution in [0.4, 0.5) is 8.78 Å². The second kappa shape index (κ2) is 7.63. The van der Waals surface area contributed by atoms with Gasteiger partial charge in [-0.05, 0) is 30.7 Å². The molecule has 6 nitrogen and oxygen atoms in total. The van der Waals surface area contributed by atoms with Crippen LogP contribution in [0.3, 0.4) is 0 Å². The van der Waals surface area contributed by atoms with E-state index in [0.29, 0.717) is 30.7 Å². The fraction of sp³-hybridized carbons (Fsp3) is 0.389. The lowest BCUT2D eigenvalue weighted by molar-refractivity contribution is -0.127. The van der Waals surface area contributed by atoms with E-state index in [0.717, 1.165) is 17.6 Å². The summed E-state index contributed by atoms with van der Waals surface area (Å²) in [4.78, 5) is 17.3. The number of carbonyl (C=O) groups is 1. The van der Waals surface area contributed by atoms with E-state index in [-0.39, 0.29) is 11.7 Å². The van der Waals surface area contributed by atoms with Crippen molar-refractivity contribution < 1.29 is 18.3 Å². The molecule has 1 amide bonds. The highest BCUT2D eigenvalue weighted by Crippen LogP contribution is 2.27. The number of aromatic nitrogens is 2. The number of hydrogen-bond acceptors (Lipinski definition) is 4. The van der Waals surface area contributed by atoms with Crippen LogP contribution >= 0.6 is 0 Å². The fourth-order valence-corrected chi connectivity index (χ4v) is 2.83. The normalized spacial score (nSPS) is 13.5. The van der Waals surface area contributed by atoms with Gasteiger partial charge in [0.05, 0.1) is 17.8 Å². The molecule has 3 rings (SSSR count). The zero-order valence-electron chi connectivity index (χ0n) is 14.7. The summed E-state index contributed by atoms with van der Waals surface area (Å²) in [5.41, 5.74) is 2.19. The summed E-state index contributed by atoms with van der Waals surface area (Å²) in [6.07, 6.45) is 4.52. The van der Waals surface area contributed by atoms with Crippen LogP contribution in [0.1, 0.15) is 19.0 Å². The van der Waals surface area contributed by atoms with Crippen LogP contribution in [0.25, 0.3) is 10.9 Å².